The molecule has 0 radical (unpaired) electrons. The van der Waals surface area contributed by atoms with Gasteiger partial charge >= 0.3 is 0 Å². The topological polar surface area (TPSA) is 30.5 Å². The highest BCUT2D eigenvalue weighted by Gasteiger charge is 2.13. The predicted molar refractivity (Wildman–Crippen MR) is 72.9 cm³/mol. The number of para-hydroxylation sites is 1. The van der Waals surface area contributed by atoms with Crippen molar-refractivity contribution in [2.24, 2.45) is 5.92 Å². The van der Waals surface area contributed by atoms with E-state index >= 15 is 0 Å². The van der Waals surface area contributed by atoms with Gasteiger partial charge in [-0.2, -0.15) is 0 Å². The van der Waals surface area contributed by atoms with Crippen LogP contribution in [0.4, 0.5) is 0 Å². The van der Waals surface area contributed by atoms with Crippen LogP contribution in [0, 0.1) is 5.92 Å². The van der Waals surface area contributed by atoms with Crippen LogP contribution in [0.15, 0.2) is 24.3 Å². The fourth-order valence-corrected chi connectivity index (χ4v) is 2.33. The molecule has 1 saturated heterocycles. The first kappa shape index (κ1) is 13.4. The van der Waals surface area contributed by atoms with Gasteiger partial charge in [0.2, 0.25) is 0 Å². The molecule has 0 bridgehead atoms. The Balaban J connectivity index is 1.78. The summed E-state index contributed by atoms with van der Waals surface area (Å²) in [5.41, 5.74) is 1.23. The van der Waals surface area contributed by atoms with Gasteiger partial charge in [-0.3, -0.25) is 0 Å². The van der Waals surface area contributed by atoms with Gasteiger partial charge < -0.3 is 14.8 Å². The van der Waals surface area contributed by atoms with Crippen molar-refractivity contribution in [3.63, 3.8) is 0 Å². The zero-order valence-corrected chi connectivity index (χ0v) is 11.2. The molecule has 2 rings (SSSR count). The molecule has 1 N–H and O–H groups in total. The Bertz CT molecular complexity index is 348. The molecule has 0 aliphatic carbocycles. The normalized spacial score (nSPS) is 19.7. The van der Waals surface area contributed by atoms with E-state index in [0.717, 1.165) is 32.1 Å². The van der Waals surface area contributed by atoms with E-state index in [9.17, 15) is 0 Å². The zero-order valence-electron chi connectivity index (χ0n) is 11.2. The van der Waals surface area contributed by atoms with Crippen LogP contribution in [0.2, 0.25) is 0 Å². The van der Waals surface area contributed by atoms with Gasteiger partial charge in [0, 0.05) is 25.3 Å². The minimum Gasteiger partial charge on any atom is -0.494 e. The average molecular weight is 249 g/mol. The van der Waals surface area contributed by atoms with E-state index in [1.54, 1.807) is 0 Å². The minimum atomic E-state index is 0.665. The van der Waals surface area contributed by atoms with Crippen molar-refractivity contribution in [3.8, 4) is 5.75 Å². The second-order valence-corrected chi connectivity index (χ2v) is 4.75. The summed E-state index contributed by atoms with van der Waals surface area (Å²) in [5, 5.41) is 3.51. The highest BCUT2D eigenvalue weighted by atomic mass is 16.5. The van der Waals surface area contributed by atoms with E-state index in [2.05, 4.69) is 17.4 Å². The van der Waals surface area contributed by atoms with Crippen molar-refractivity contribution in [1.82, 2.24) is 5.32 Å². The Morgan fingerprint density at radius 1 is 1.39 bits per heavy atom. The van der Waals surface area contributed by atoms with Crippen molar-refractivity contribution < 1.29 is 9.47 Å². The zero-order chi connectivity index (χ0) is 12.6. The first-order chi connectivity index (χ1) is 8.90. The second kappa shape index (κ2) is 7.39. The maximum atomic E-state index is 5.61. The Kier molecular flexibility index (Phi) is 5.49. The summed E-state index contributed by atoms with van der Waals surface area (Å²) < 4.78 is 11.1. The summed E-state index contributed by atoms with van der Waals surface area (Å²) >= 11 is 0. The summed E-state index contributed by atoms with van der Waals surface area (Å²) in [4.78, 5) is 0. The third-order valence-electron chi connectivity index (χ3n) is 3.28. The van der Waals surface area contributed by atoms with E-state index in [-0.39, 0.29) is 0 Å². The van der Waals surface area contributed by atoms with E-state index in [0.29, 0.717) is 12.5 Å². The average Bonchev–Trinajstić information content (AvgIpc) is 2.42. The van der Waals surface area contributed by atoms with Gasteiger partial charge in [-0.05, 0) is 31.7 Å². The lowest BCUT2D eigenvalue weighted by Gasteiger charge is -2.22. The van der Waals surface area contributed by atoms with Crippen molar-refractivity contribution in [2.75, 3.05) is 26.4 Å². The quantitative estimate of drug-likeness (QED) is 0.840. The molecule has 1 aliphatic rings. The number of benzene rings is 1. The van der Waals surface area contributed by atoms with Crippen LogP contribution in [0.1, 0.15) is 25.3 Å². The first-order valence-electron chi connectivity index (χ1n) is 6.89. The van der Waals surface area contributed by atoms with E-state index < -0.39 is 0 Å². The van der Waals surface area contributed by atoms with Gasteiger partial charge in [0.1, 0.15) is 5.75 Å². The molecule has 3 heteroatoms. The molecule has 1 unspecified atom stereocenters. The monoisotopic (exact) mass is 249 g/mol. The standard InChI is InChI=1S/C15H23NO2/c1-2-18-15-8-4-3-7-14(15)11-16-10-13-6-5-9-17-12-13/h3-4,7-8,13,16H,2,5-6,9-12H2,1H3. The number of ether oxygens (including phenoxy) is 2. The summed E-state index contributed by atoms with van der Waals surface area (Å²) in [6, 6.07) is 8.23. The highest BCUT2D eigenvalue weighted by Crippen LogP contribution is 2.18. The van der Waals surface area contributed by atoms with Crippen LogP contribution >= 0.6 is 0 Å². The fourth-order valence-electron chi connectivity index (χ4n) is 2.33. The number of nitrogens with one attached hydrogen (secondary N) is 1. The molecule has 1 atom stereocenters. The lowest BCUT2D eigenvalue weighted by molar-refractivity contribution is 0.0547. The number of hydrogen-bond acceptors (Lipinski definition) is 3. The molecular formula is C15H23NO2. The molecule has 0 spiro atoms. The van der Waals surface area contributed by atoms with Crippen molar-refractivity contribution in [3.05, 3.63) is 29.8 Å². The van der Waals surface area contributed by atoms with Crippen molar-refractivity contribution in [1.29, 1.82) is 0 Å². The molecule has 3 nitrogen and oxygen atoms in total. The Labute approximate surface area is 109 Å². The second-order valence-electron chi connectivity index (χ2n) is 4.75. The van der Waals surface area contributed by atoms with Crippen LogP contribution in [0.5, 0.6) is 5.75 Å². The maximum Gasteiger partial charge on any atom is 0.123 e. The largest absolute Gasteiger partial charge is 0.494 e. The summed E-state index contributed by atoms with van der Waals surface area (Å²) in [5.74, 6) is 1.66. The van der Waals surface area contributed by atoms with Crippen LogP contribution in [0.3, 0.4) is 0 Å². The molecule has 0 aromatic heterocycles. The van der Waals surface area contributed by atoms with E-state index in [1.165, 1.54) is 18.4 Å². The van der Waals surface area contributed by atoms with Gasteiger partial charge in [0.05, 0.1) is 13.2 Å². The van der Waals surface area contributed by atoms with Gasteiger partial charge in [-0.25, -0.2) is 0 Å². The molecule has 18 heavy (non-hydrogen) atoms. The Hall–Kier alpha value is -1.06. The number of hydrogen-bond donors (Lipinski definition) is 1. The van der Waals surface area contributed by atoms with Crippen molar-refractivity contribution in [2.45, 2.75) is 26.3 Å². The number of rotatable bonds is 6. The summed E-state index contributed by atoms with van der Waals surface area (Å²) in [7, 11) is 0. The van der Waals surface area contributed by atoms with Gasteiger partial charge in [-0.15, -0.1) is 0 Å². The minimum absolute atomic E-state index is 0.665. The van der Waals surface area contributed by atoms with E-state index in [4.69, 9.17) is 9.47 Å². The summed E-state index contributed by atoms with van der Waals surface area (Å²) in [6.45, 7) is 6.47. The van der Waals surface area contributed by atoms with Crippen LogP contribution < -0.4 is 10.1 Å². The third kappa shape index (κ3) is 4.00. The van der Waals surface area contributed by atoms with Crippen LogP contribution in [-0.4, -0.2) is 26.4 Å². The van der Waals surface area contributed by atoms with Gasteiger partial charge in [0.25, 0.3) is 0 Å². The first-order valence-corrected chi connectivity index (χ1v) is 6.89. The Morgan fingerprint density at radius 2 is 2.28 bits per heavy atom. The molecule has 0 saturated carbocycles. The van der Waals surface area contributed by atoms with Gasteiger partial charge in [-0.1, -0.05) is 18.2 Å². The predicted octanol–water partition coefficient (Wildman–Crippen LogP) is 2.60. The highest BCUT2D eigenvalue weighted by molar-refractivity contribution is 5.33. The third-order valence-corrected chi connectivity index (χ3v) is 3.28. The SMILES string of the molecule is CCOc1ccccc1CNCC1CCCOC1. The molecule has 0 amide bonds. The summed E-state index contributed by atoms with van der Waals surface area (Å²) in [6.07, 6.45) is 2.47. The molecule has 1 aliphatic heterocycles. The molecule has 1 aromatic rings. The molecule has 1 aromatic carbocycles. The molecule has 1 heterocycles. The molecule has 1 fully saturated rings. The lowest BCUT2D eigenvalue weighted by Crippen LogP contribution is -2.29. The van der Waals surface area contributed by atoms with Crippen LogP contribution in [-0.2, 0) is 11.3 Å². The van der Waals surface area contributed by atoms with Crippen LogP contribution in [0.25, 0.3) is 0 Å². The van der Waals surface area contributed by atoms with Crippen molar-refractivity contribution >= 4 is 0 Å². The lowest BCUT2D eigenvalue weighted by atomic mass is 10.0. The van der Waals surface area contributed by atoms with E-state index in [1.807, 2.05) is 19.1 Å². The molecule has 100 valence electrons. The smallest absolute Gasteiger partial charge is 0.123 e. The Morgan fingerprint density at radius 3 is 3.06 bits per heavy atom. The maximum absolute atomic E-state index is 5.61. The fraction of sp³-hybridized carbons (Fsp3) is 0.600. The molecular weight excluding hydrogens is 226 g/mol. The van der Waals surface area contributed by atoms with Gasteiger partial charge in [0.15, 0.2) is 0 Å².